The summed E-state index contributed by atoms with van der Waals surface area (Å²) in [5.74, 6) is 1.23. The van der Waals surface area contributed by atoms with Crippen LogP contribution >= 0.6 is 0 Å². The second-order valence-corrected chi connectivity index (χ2v) is 4.68. The fraction of sp³-hybridized carbons (Fsp3) is 0.286. The van der Waals surface area contributed by atoms with E-state index >= 15 is 0 Å². The topological polar surface area (TPSA) is 76.7 Å². The summed E-state index contributed by atoms with van der Waals surface area (Å²) >= 11 is 0. The van der Waals surface area contributed by atoms with Gasteiger partial charge in [0.25, 0.3) is 5.71 Å². The summed E-state index contributed by atoms with van der Waals surface area (Å²) in [7, 11) is 0. The molecule has 6 heteroatoms. The average Bonchev–Trinajstić information content (AvgIpc) is 2.80. The van der Waals surface area contributed by atoms with Gasteiger partial charge in [-0.15, -0.1) is 0 Å². The first-order chi connectivity index (χ1) is 9.65. The first kappa shape index (κ1) is 12.5. The van der Waals surface area contributed by atoms with Gasteiger partial charge in [-0.25, -0.2) is 9.97 Å². The maximum absolute atomic E-state index is 5.40. The molecule has 0 spiro atoms. The van der Waals surface area contributed by atoms with Gasteiger partial charge in [-0.05, 0) is 25.5 Å². The Morgan fingerprint density at radius 3 is 2.85 bits per heavy atom. The first-order valence-electron chi connectivity index (χ1n) is 6.41. The Morgan fingerprint density at radius 2 is 2.05 bits per heavy atom. The van der Waals surface area contributed by atoms with Gasteiger partial charge in [0, 0.05) is 13.1 Å². The van der Waals surface area contributed by atoms with Crippen molar-refractivity contribution in [3.05, 3.63) is 41.8 Å². The van der Waals surface area contributed by atoms with E-state index in [1.165, 1.54) is 6.33 Å². The molecule has 0 amide bonds. The average molecular weight is 269 g/mol. The number of nitrogens with zero attached hydrogens (tertiary/aromatic N) is 4. The molecule has 0 aliphatic heterocycles. The number of aromatic nitrogens is 4. The summed E-state index contributed by atoms with van der Waals surface area (Å²) in [6.07, 6.45) is 3.25. The van der Waals surface area contributed by atoms with Gasteiger partial charge in [-0.3, -0.25) is 4.98 Å². The Hall–Kier alpha value is -2.50. The number of fused-ring (bicyclic) bond motifs is 1. The van der Waals surface area contributed by atoms with Crippen molar-refractivity contribution in [2.24, 2.45) is 0 Å². The number of nitrogens with one attached hydrogen (secondary N) is 1. The van der Waals surface area contributed by atoms with Crippen LogP contribution in [0, 0.1) is 13.8 Å². The minimum Gasteiger partial charge on any atom is -0.422 e. The van der Waals surface area contributed by atoms with Crippen LogP contribution in [0.5, 0.6) is 0 Å². The monoisotopic (exact) mass is 269 g/mol. The summed E-state index contributed by atoms with van der Waals surface area (Å²) in [6, 6.07) is 3.98. The molecule has 0 aliphatic rings. The third-order valence-electron chi connectivity index (χ3n) is 3.12. The molecular weight excluding hydrogens is 254 g/mol. The van der Waals surface area contributed by atoms with Gasteiger partial charge in [0.15, 0.2) is 17.2 Å². The molecule has 0 radical (unpaired) electrons. The van der Waals surface area contributed by atoms with Gasteiger partial charge in [0.2, 0.25) is 0 Å². The van der Waals surface area contributed by atoms with Crippen molar-refractivity contribution in [1.29, 1.82) is 0 Å². The summed E-state index contributed by atoms with van der Waals surface area (Å²) < 4.78 is 5.40. The van der Waals surface area contributed by atoms with E-state index in [1.54, 1.807) is 13.1 Å². The number of hydrogen-bond acceptors (Lipinski definition) is 6. The van der Waals surface area contributed by atoms with Crippen LogP contribution < -0.4 is 5.32 Å². The minimum absolute atomic E-state index is 0.0197. The van der Waals surface area contributed by atoms with E-state index in [2.05, 4.69) is 25.3 Å². The van der Waals surface area contributed by atoms with E-state index < -0.39 is 0 Å². The smallest absolute Gasteiger partial charge is 0.252 e. The molecule has 0 fully saturated rings. The molecule has 1 atom stereocenters. The highest BCUT2D eigenvalue weighted by Gasteiger charge is 2.15. The lowest BCUT2D eigenvalue weighted by Crippen LogP contribution is -2.11. The normalized spacial score (nSPS) is 12.6. The van der Waals surface area contributed by atoms with Crippen LogP contribution in [-0.4, -0.2) is 19.9 Å². The van der Waals surface area contributed by atoms with Crippen molar-refractivity contribution in [2.45, 2.75) is 26.8 Å². The molecule has 0 saturated heterocycles. The molecule has 0 saturated carbocycles. The molecule has 3 rings (SSSR count). The van der Waals surface area contributed by atoms with Crippen molar-refractivity contribution in [1.82, 2.24) is 19.9 Å². The Balaban J connectivity index is 1.95. The quantitative estimate of drug-likeness (QED) is 0.787. The zero-order valence-corrected chi connectivity index (χ0v) is 11.6. The van der Waals surface area contributed by atoms with Crippen LogP contribution in [0.4, 0.5) is 5.82 Å². The van der Waals surface area contributed by atoms with Gasteiger partial charge in [0.1, 0.15) is 6.33 Å². The zero-order valence-electron chi connectivity index (χ0n) is 11.6. The van der Waals surface area contributed by atoms with E-state index in [4.69, 9.17) is 4.42 Å². The van der Waals surface area contributed by atoms with E-state index in [0.29, 0.717) is 22.9 Å². The van der Waals surface area contributed by atoms with Crippen molar-refractivity contribution in [3.8, 4) is 0 Å². The number of oxazole rings is 1. The first-order valence-corrected chi connectivity index (χ1v) is 6.41. The maximum atomic E-state index is 5.40. The molecule has 0 aliphatic carbocycles. The second-order valence-electron chi connectivity index (χ2n) is 4.68. The Labute approximate surface area is 116 Å². The van der Waals surface area contributed by atoms with Gasteiger partial charge in [-0.2, -0.15) is 4.98 Å². The number of aryl methyl sites for hydroxylation is 2. The Morgan fingerprint density at radius 1 is 1.20 bits per heavy atom. The zero-order chi connectivity index (χ0) is 14.1. The Kier molecular flexibility index (Phi) is 3.06. The van der Waals surface area contributed by atoms with Crippen LogP contribution in [0.15, 0.2) is 29.1 Å². The summed E-state index contributed by atoms with van der Waals surface area (Å²) in [6.45, 7) is 5.87. The van der Waals surface area contributed by atoms with Gasteiger partial charge in [0.05, 0.1) is 11.7 Å². The molecule has 3 aromatic rings. The largest absolute Gasteiger partial charge is 0.422 e. The lowest BCUT2D eigenvalue weighted by Gasteiger charge is -2.15. The molecule has 3 aromatic heterocycles. The van der Waals surface area contributed by atoms with Crippen LogP contribution in [-0.2, 0) is 0 Å². The van der Waals surface area contributed by atoms with E-state index in [0.717, 1.165) is 11.3 Å². The van der Waals surface area contributed by atoms with Crippen LogP contribution in [0.1, 0.15) is 30.1 Å². The lowest BCUT2D eigenvalue weighted by molar-refractivity contribution is 0.551. The van der Waals surface area contributed by atoms with Crippen molar-refractivity contribution in [3.63, 3.8) is 0 Å². The molecule has 1 N–H and O–H groups in total. The van der Waals surface area contributed by atoms with Crippen molar-refractivity contribution < 1.29 is 4.42 Å². The highest BCUT2D eigenvalue weighted by molar-refractivity contribution is 5.81. The molecule has 0 unspecified atom stereocenters. The van der Waals surface area contributed by atoms with E-state index in [1.807, 2.05) is 26.0 Å². The minimum atomic E-state index is 0.0197. The predicted octanol–water partition coefficient (Wildman–Crippen LogP) is 2.80. The molecular formula is C14H15N5O. The highest BCUT2D eigenvalue weighted by atomic mass is 16.4. The van der Waals surface area contributed by atoms with Gasteiger partial charge >= 0.3 is 0 Å². The summed E-state index contributed by atoms with van der Waals surface area (Å²) in [5.41, 5.74) is 3.25. The number of rotatable bonds is 3. The third-order valence-corrected chi connectivity index (χ3v) is 3.12. The molecule has 20 heavy (non-hydrogen) atoms. The molecule has 6 nitrogen and oxygen atoms in total. The second kappa shape index (κ2) is 4.88. The van der Waals surface area contributed by atoms with Crippen molar-refractivity contribution in [2.75, 3.05) is 5.32 Å². The number of pyridine rings is 1. The SMILES string of the molecule is Cc1nc2c(N[C@@H](C)c3ncccc3C)ncnc2o1. The van der Waals surface area contributed by atoms with E-state index in [-0.39, 0.29) is 6.04 Å². The standard InChI is InChI=1S/C14H15N5O/c1-8-5-4-6-15-11(8)9(2)18-13-12-14(17-7-16-13)20-10(3)19-12/h4-7,9H,1-3H3,(H,16,17,18)/t9-/m0/s1. The third kappa shape index (κ3) is 2.20. The summed E-state index contributed by atoms with van der Waals surface area (Å²) in [4.78, 5) is 17.0. The molecule has 0 bridgehead atoms. The van der Waals surface area contributed by atoms with E-state index in [9.17, 15) is 0 Å². The van der Waals surface area contributed by atoms with Gasteiger partial charge < -0.3 is 9.73 Å². The highest BCUT2D eigenvalue weighted by Crippen LogP contribution is 2.24. The Bertz CT molecular complexity index is 752. The van der Waals surface area contributed by atoms with Crippen LogP contribution in [0.2, 0.25) is 0 Å². The van der Waals surface area contributed by atoms with Crippen molar-refractivity contribution >= 4 is 17.0 Å². The molecule has 0 aromatic carbocycles. The van der Waals surface area contributed by atoms with Crippen LogP contribution in [0.3, 0.4) is 0 Å². The molecule has 3 heterocycles. The molecule has 102 valence electrons. The fourth-order valence-corrected chi connectivity index (χ4v) is 2.19. The maximum Gasteiger partial charge on any atom is 0.252 e. The number of anilines is 1. The van der Waals surface area contributed by atoms with Crippen LogP contribution in [0.25, 0.3) is 11.2 Å². The van der Waals surface area contributed by atoms with Gasteiger partial charge in [-0.1, -0.05) is 6.07 Å². The number of hydrogen-bond donors (Lipinski definition) is 1. The lowest BCUT2D eigenvalue weighted by atomic mass is 10.1. The fourth-order valence-electron chi connectivity index (χ4n) is 2.19. The predicted molar refractivity (Wildman–Crippen MR) is 75.3 cm³/mol. The summed E-state index contributed by atoms with van der Waals surface area (Å²) in [5, 5.41) is 3.32.